The smallest absolute Gasteiger partial charge is 0.412 e. The Balaban J connectivity index is 1.26. The van der Waals surface area contributed by atoms with Gasteiger partial charge < -0.3 is 19.4 Å². The lowest BCUT2D eigenvalue weighted by molar-refractivity contribution is -0.148. The van der Waals surface area contributed by atoms with Gasteiger partial charge in [-0.15, -0.1) is 0 Å². The molecule has 2 aromatic rings. The fourth-order valence-corrected chi connectivity index (χ4v) is 4.31. The highest BCUT2D eigenvalue weighted by Crippen LogP contribution is 2.36. The minimum absolute atomic E-state index is 0.0451. The molecule has 15 heteroatoms. The van der Waals surface area contributed by atoms with Gasteiger partial charge in [-0.25, -0.2) is 24.5 Å². The summed E-state index contributed by atoms with van der Waals surface area (Å²) in [7, 11) is 1.38. The number of imide groups is 1. The molecule has 3 aliphatic rings. The van der Waals surface area contributed by atoms with E-state index in [4.69, 9.17) is 16.3 Å². The number of pyridine rings is 1. The molecule has 192 valence electrons. The van der Waals surface area contributed by atoms with Gasteiger partial charge in [0.05, 0.1) is 5.02 Å². The number of carbonyl (C=O) groups is 5. The van der Waals surface area contributed by atoms with Crippen LogP contribution in [-0.2, 0) is 14.3 Å². The topological polar surface area (TPSA) is 149 Å². The Kier molecular flexibility index (Phi) is 6.33. The molecule has 0 radical (unpaired) electrons. The van der Waals surface area contributed by atoms with Crippen molar-refractivity contribution in [3.8, 4) is 0 Å². The number of urea groups is 1. The number of likely N-dealkylation sites (N-methyl/N-ethyl adjacent to an activating group) is 1. The number of aromatic nitrogens is 3. The summed E-state index contributed by atoms with van der Waals surface area (Å²) in [4.78, 5) is 81.5. The van der Waals surface area contributed by atoms with Crippen molar-refractivity contribution >= 4 is 47.3 Å². The van der Waals surface area contributed by atoms with Gasteiger partial charge >= 0.3 is 12.1 Å². The largest absolute Gasteiger partial charge is 0.419 e. The summed E-state index contributed by atoms with van der Waals surface area (Å²) >= 11 is 5.92. The summed E-state index contributed by atoms with van der Waals surface area (Å²) in [5, 5.41) is 0.371. The van der Waals surface area contributed by atoms with Gasteiger partial charge in [0.2, 0.25) is 18.0 Å². The van der Waals surface area contributed by atoms with E-state index in [-0.39, 0.29) is 56.5 Å². The first kappa shape index (κ1) is 24.4. The van der Waals surface area contributed by atoms with Gasteiger partial charge in [-0.2, -0.15) is 0 Å². The fraction of sp³-hybridized carbons (Fsp3) is 0.364. The van der Waals surface area contributed by atoms with Gasteiger partial charge in [0.25, 0.3) is 5.91 Å². The number of carbonyl (C=O) groups excluding carboxylic acids is 5. The highest BCUT2D eigenvalue weighted by Gasteiger charge is 2.44. The van der Waals surface area contributed by atoms with E-state index in [9.17, 15) is 24.0 Å². The molecule has 6 amide bonds. The molecule has 3 aliphatic heterocycles. The van der Waals surface area contributed by atoms with Crippen LogP contribution < -0.4 is 4.90 Å². The zero-order valence-corrected chi connectivity index (χ0v) is 20.4. The molecular formula is C22H21ClN8O6. The van der Waals surface area contributed by atoms with E-state index in [1.807, 2.05) is 0 Å². The molecule has 0 N–H and O–H groups in total. The maximum atomic E-state index is 13.1. The van der Waals surface area contributed by atoms with Crippen LogP contribution in [-0.4, -0.2) is 111 Å². The Morgan fingerprint density at radius 1 is 0.919 bits per heavy atom. The van der Waals surface area contributed by atoms with E-state index in [0.29, 0.717) is 5.02 Å². The summed E-state index contributed by atoms with van der Waals surface area (Å²) in [5.41, 5.74) is 0.222. The maximum Gasteiger partial charge on any atom is 0.412 e. The minimum atomic E-state index is -1.19. The Labute approximate surface area is 215 Å². The molecule has 37 heavy (non-hydrogen) atoms. The van der Waals surface area contributed by atoms with Gasteiger partial charge in [-0.05, 0) is 12.1 Å². The first-order chi connectivity index (χ1) is 17.7. The van der Waals surface area contributed by atoms with Crippen LogP contribution in [0.25, 0.3) is 0 Å². The quantitative estimate of drug-likeness (QED) is 0.503. The second kappa shape index (κ2) is 9.61. The highest BCUT2D eigenvalue weighted by molar-refractivity contribution is 6.30. The molecular weight excluding hydrogens is 508 g/mol. The molecule has 2 saturated heterocycles. The lowest BCUT2D eigenvalue weighted by Crippen LogP contribution is -2.59. The predicted octanol–water partition coefficient (Wildman–Crippen LogP) is 0.359. The number of anilines is 1. The molecule has 0 spiro atoms. The maximum absolute atomic E-state index is 13.1. The van der Waals surface area contributed by atoms with Crippen LogP contribution >= 0.6 is 11.6 Å². The number of fused-ring (bicyclic) bond motifs is 1. The van der Waals surface area contributed by atoms with E-state index >= 15 is 0 Å². The van der Waals surface area contributed by atoms with Gasteiger partial charge in [0.1, 0.15) is 24.6 Å². The Hall–Kier alpha value is -4.33. The molecule has 0 saturated carbocycles. The van der Waals surface area contributed by atoms with Crippen molar-refractivity contribution in [2.24, 2.45) is 0 Å². The minimum Gasteiger partial charge on any atom is -0.419 e. The van der Waals surface area contributed by atoms with Gasteiger partial charge in [0.15, 0.2) is 5.69 Å². The number of nitrogens with zero attached hydrogens (tertiary/aromatic N) is 8. The average Bonchev–Trinajstić information content (AvgIpc) is 3.18. The number of amides is 6. The standard InChI is InChI=1S/C22H21ClN8O6/c1-27-15(32)11-30(12-16(27)33)21(35)28-6-8-29(9-7-28)22(36)37-20-18-17(24-4-5-25-18)19(34)31(20)14-3-2-13(23)10-26-14/h2-5,10,20H,6-9,11-12H2,1H3/t20-/m0/s1. The SMILES string of the molecule is CN1C(=O)CN(C(=O)N2CCN(C(=O)O[C@H]3c4nccnc4C(=O)N3c3ccc(Cl)cn3)CC2)CC1=O. The molecule has 1 atom stereocenters. The van der Waals surface area contributed by atoms with Crippen molar-refractivity contribution < 1.29 is 28.7 Å². The molecule has 14 nitrogen and oxygen atoms in total. The fourth-order valence-electron chi connectivity index (χ4n) is 4.20. The third-order valence-corrected chi connectivity index (χ3v) is 6.49. The Morgan fingerprint density at radius 3 is 2.22 bits per heavy atom. The zero-order valence-electron chi connectivity index (χ0n) is 19.6. The van der Waals surface area contributed by atoms with Gasteiger partial charge in [-0.1, -0.05) is 11.6 Å². The number of hydrogen-bond acceptors (Lipinski definition) is 9. The van der Waals surface area contributed by atoms with Crippen LogP contribution in [0.3, 0.4) is 0 Å². The first-order valence-electron chi connectivity index (χ1n) is 11.3. The third-order valence-electron chi connectivity index (χ3n) is 6.27. The molecule has 5 rings (SSSR count). The summed E-state index contributed by atoms with van der Waals surface area (Å²) in [6, 6.07) is 2.62. The molecule has 5 heterocycles. The molecule has 2 aromatic heterocycles. The third kappa shape index (κ3) is 4.50. The second-order valence-electron chi connectivity index (χ2n) is 8.50. The molecule has 0 bridgehead atoms. The molecule has 0 aromatic carbocycles. The van der Waals surface area contributed by atoms with Crippen LogP contribution in [0.4, 0.5) is 15.4 Å². The zero-order chi connectivity index (χ0) is 26.3. The summed E-state index contributed by atoms with van der Waals surface area (Å²) in [6.07, 6.45) is 2.22. The summed E-state index contributed by atoms with van der Waals surface area (Å²) < 4.78 is 5.70. The van der Waals surface area contributed by atoms with Gasteiger partial charge in [-0.3, -0.25) is 24.3 Å². The van der Waals surface area contributed by atoms with Crippen molar-refractivity contribution in [3.63, 3.8) is 0 Å². The molecule has 0 unspecified atom stereocenters. The Morgan fingerprint density at radius 2 is 1.57 bits per heavy atom. The molecule has 0 aliphatic carbocycles. The first-order valence-corrected chi connectivity index (χ1v) is 11.7. The van der Waals surface area contributed by atoms with Crippen molar-refractivity contribution in [2.75, 3.05) is 51.2 Å². The van der Waals surface area contributed by atoms with Crippen molar-refractivity contribution in [3.05, 3.63) is 47.1 Å². The van der Waals surface area contributed by atoms with Crippen LogP contribution in [0.2, 0.25) is 5.02 Å². The predicted molar refractivity (Wildman–Crippen MR) is 125 cm³/mol. The average molecular weight is 529 g/mol. The number of ether oxygens (including phenoxy) is 1. The Bertz CT molecular complexity index is 1260. The molecule has 2 fully saturated rings. The summed E-state index contributed by atoms with van der Waals surface area (Å²) in [6.45, 7) is 0.263. The van der Waals surface area contributed by atoms with E-state index < -0.39 is 36.1 Å². The monoisotopic (exact) mass is 528 g/mol. The highest BCUT2D eigenvalue weighted by atomic mass is 35.5. The lowest BCUT2D eigenvalue weighted by atomic mass is 10.3. The van der Waals surface area contributed by atoms with E-state index in [1.165, 1.54) is 51.3 Å². The second-order valence-corrected chi connectivity index (χ2v) is 8.93. The van der Waals surface area contributed by atoms with Crippen LogP contribution in [0.1, 0.15) is 22.4 Å². The van der Waals surface area contributed by atoms with E-state index in [0.717, 1.165) is 4.90 Å². The number of hydrogen-bond donors (Lipinski definition) is 0. The van der Waals surface area contributed by atoms with Crippen LogP contribution in [0, 0.1) is 0 Å². The van der Waals surface area contributed by atoms with E-state index in [2.05, 4.69) is 15.0 Å². The van der Waals surface area contributed by atoms with E-state index in [1.54, 1.807) is 6.07 Å². The normalized spacial score (nSPS) is 19.9. The number of halogens is 1. The van der Waals surface area contributed by atoms with Crippen molar-refractivity contribution in [2.45, 2.75) is 6.23 Å². The van der Waals surface area contributed by atoms with Crippen molar-refractivity contribution in [1.82, 2.24) is 34.6 Å². The summed E-state index contributed by atoms with van der Waals surface area (Å²) in [5.74, 6) is -1.23. The lowest BCUT2D eigenvalue weighted by Gasteiger charge is -2.39. The van der Waals surface area contributed by atoms with Crippen LogP contribution in [0.5, 0.6) is 0 Å². The number of rotatable bonds is 2. The van der Waals surface area contributed by atoms with Gasteiger partial charge in [0, 0.05) is 51.8 Å². The van der Waals surface area contributed by atoms with Crippen LogP contribution in [0.15, 0.2) is 30.7 Å². The van der Waals surface area contributed by atoms with Crippen molar-refractivity contribution in [1.29, 1.82) is 0 Å². The number of piperazine rings is 2.